The van der Waals surface area contributed by atoms with E-state index in [-0.39, 0.29) is 5.56 Å². The number of rotatable bonds is 2. The van der Waals surface area contributed by atoms with Gasteiger partial charge in [0.25, 0.3) is 0 Å². The second-order valence-electron chi connectivity index (χ2n) is 2.00. The molecule has 0 aliphatic rings. The number of carboxylic acids is 1. The van der Waals surface area contributed by atoms with Crippen molar-refractivity contribution in [3.63, 3.8) is 0 Å². The molecule has 11 heavy (non-hydrogen) atoms. The Bertz CT molecular complexity index is 275. The lowest BCUT2D eigenvalue weighted by Gasteiger charge is -1.99. The lowest BCUT2D eigenvalue weighted by atomic mass is 10.2. The molecule has 1 aromatic heterocycles. The van der Waals surface area contributed by atoms with Crippen molar-refractivity contribution in [2.75, 3.05) is 0 Å². The molecule has 0 fully saturated rings. The molecule has 0 unspecified atom stereocenters. The highest BCUT2D eigenvalue weighted by Gasteiger charge is 2.06. The summed E-state index contributed by atoms with van der Waals surface area (Å²) >= 11 is 3.98. The van der Waals surface area contributed by atoms with Crippen molar-refractivity contribution in [2.45, 2.75) is 5.75 Å². The Kier molecular flexibility index (Phi) is 2.48. The summed E-state index contributed by atoms with van der Waals surface area (Å²) < 4.78 is 0. The van der Waals surface area contributed by atoms with Gasteiger partial charge in [0, 0.05) is 18.1 Å². The largest absolute Gasteiger partial charge is 0.478 e. The average molecular weight is 169 g/mol. The number of nitrogens with zero attached hydrogens (tertiary/aromatic N) is 1. The molecule has 0 bridgehead atoms. The second-order valence-corrected chi connectivity index (χ2v) is 2.31. The summed E-state index contributed by atoms with van der Waals surface area (Å²) in [7, 11) is 0. The van der Waals surface area contributed by atoms with Crippen molar-refractivity contribution >= 4 is 18.6 Å². The zero-order chi connectivity index (χ0) is 8.27. The molecule has 1 heterocycles. The molecular formula is C7H7NO2S. The van der Waals surface area contributed by atoms with Crippen LogP contribution in [0.15, 0.2) is 18.5 Å². The number of aromatic carboxylic acids is 1. The highest BCUT2D eigenvalue weighted by molar-refractivity contribution is 7.79. The molecule has 3 nitrogen and oxygen atoms in total. The molecule has 0 amide bonds. The number of hydrogen-bond acceptors (Lipinski definition) is 3. The minimum atomic E-state index is -0.956. The van der Waals surface area contributed by atoms with E-state index in [0.717, 1.165) is 0 Å². The molecule has 1 rings (SSSR count). The minimum Gasteiger partial charge on any atom is -0.478 e. The molecule has 0 aliphatic heterocycles. The third kappa shape index (κ3) is 1.71. The van der Waals surface area contributed by atoms with E-state index >= 15 is 0 Å². The minimum absolute atomic E-state index is 0.225. The number of carboxylic acid groups (broad SMARTS) is 1. The predicted molar refractivity (Wildman–Crippen MR) is 43.9 cm³/mol. The first-order valence-corrected chi connectivity index (χ1v) is 3.66. The summed E-state index contributed by atoms with van der Waals surface area (Å²) in [5, 5.41) is 8.62. The van der Waals surface area contributed by atoms with Crippen LogP contribution < -0.4 is 0 Å². The molecule has 4 heteroatoms. The van der Waals surface area contributed by atoms with Gasteiger partial charge >= 0.3 is 5.97 Å². The Labute approximate surface area is 69.5 Å². The highest BCUT2D eigenvalue weighted by atomic mass is 32.1. The van der Waals surface area contributed by atoms with Crippen LogP contribution in [0.1, 0.15) is 15.9 Å². The van der Waals surface area contributed by atoms with Crippen LogP contribution in [0.3, 0.4) is 0 Å². The zero-order valence-corrected chi connectivity index (χ0v) is 6.58. The lowest BCUT2D eigenvalue weighted by Crippen LogP contribution is -2.01. The molecule has 0 aliphatic carbocycles. The van der Waals surface area contributed by atoms with Gasteiger partial charge in [-0.15, -0.1) is 0 Å². The first-order valence-electron chi connectivity index (χ1n) is 3.02. The quantitative estimate of drug-likeness (QED) is 0.654. The van der Waals surface area contributed by atoms with Gasteiger partial charge in [-0.1, -0.05) is 0 Å². The summed E-state index contributed by atoms with van der Waals surface area (Å²) in [5.74, 6) is -0.536. The maximum Gasteiger partial charge on any atom is 0.337 e. The molecule has 0 aromatic carbocycles. The topological polar surface area (TPSA) is 50.2 Å². The Morgan fingerprint density at radius 1 is 1.73 bits per heavy atom. The molecule has 0 spiro atoms. The van der Waals surface area contributed by atoms with Crippen LogP contribution in [0.5, 0.6) is 0 Å². The third-order valence-electron chi connectivity index (χ3n) is 1.31. The van der Waals surface area contributed by atoms with Crippen LogP contribution in [0.2, 0.25) is 0 Å². The Hall–Kier alpha value is -1.03. The van der Waals surface area contributed by atoms with Gasteiger partial charge in [-0.25, -0.2) is 4.79 Å². The standard InChI is InChI=1S/C7H7NO2S/c9-7(10)6-3-8-2-1-5(6)4-11/h1-3,11H,4H2,(H,9,10). The Morgan fingerprint density at radius 2 is 2.45 bits per heavy atom. The summed E-state index contributed by atoms with van der Waals surface area (Å²) in [5.41, 5.74) is 0.915. The first-order chi connectivity index (χ1) is 5.25. The maximum absolute atomic E-state index is 10.5. The maximum atomic E-state index is 10.5. The fraction of sp³-hybridized carbons (Fsp3) is 0.143. The van der Waals surface area contributed by atoms with Crippen LogP contribution in [0, 0.1) is 0 Å². The van der Waals surface area contributed by atoms with Gasteiger partial charge in [0.15, 0.2) is 0 Å². The molecule has 0 atom stereocenters. The van der Waals surface area contributed by atoms with Gasteiger partial charge in [-0.3, -0.25) is 4.98 Å². The van der Waals surface area contributed by atoms with Gasteiger partial charge in [-0.2, -0.15) is 12.6 Å². The smallest absolute Gasteiger partial charge is 0.337 e. The summed E-state index contributed by atoms with van der Waals surface area (Å²) in [6.45, 7) is 0. The van der Waals surface area contributed by atoms with E-state index in [1.54, 1.807) is 12.3 Å². The number of carbonyl (C=O) groups is 1. The van der Waals surface area contributed by atoms with E-state index in [4.69, 9.17) is 5.11 Å². The van der Waals surface area contributed by atoms with Gasteiger partial charge < -0.3 is 5.11 Å². The Balaban J connectivity index is 3.12. The van der Waals surface area contributed by atoms with Crippen molar-refractivity contribution in [3.8, 4) is 0 Å². The van der Waals surface area contributed by atoms with Crippen LogP contribution in [0.25, 0.3) is 0 Å². The summed E-state index contributed by atoms with van der Waals surface area (Å²) in [4.78, 5) is 14.2. The lowest BCUT2D eigenvalue weighted by molar-refractivity contribution is 0.0695. The number of pyridine rings is 1. The van der Waals surface area contributed by atoms with Crippen molar-refractivity contribution < 1.29 is 9.90 Å². The van der Waals surface area contributed by atoms with E-state index in [1.807, 2.05) is 0 Å². The van der Waals surface area contributed by atoms with Crippen molar-refractivity contribution in [2.24, 2.45) is 0 Å². The monoisotopic (exact) mass is 169 g/mol. The van der Waals surface area contributed by atoms with E-state index in [9.17, 15) is 4.79 Å². The van der Waals surface area contributed by atoms with E-state index in [0.29, 0.717) is 11.3 Å². The van der Waals surface area contributed by atoms with Crippen LogP contribution in [-0.4, -0.2) is 16.1 Å². The van der Waals surface area contributed by atoms with Crippen LogP contribution >= 0.6 is 12.6 Å². The average Bonchev–Trinajstić information content (AvgIpc) is 2.04. The van der Waals surface area contributed by atoms with Crippen LogP contribution in [-0.2, 0) is 5.75 Å². The zero-order valence-electron chi connectivity index (χ0n) is 5.69. The van der Waals surface area contributed by atoms with Crippen molar-refractivity contribution in [1.82, 2.24) is 4.98 Å². The molecule has 58 valence electrons. The second kappa shape index (κ2) is 3.39. The molecule has 0 saturated carbocycles. The molecule has 1 aromatic rings. The molecule has 0 saturated heterocycles. The number of aromatic nitrogens is 1. The highest BCUT2D eigenvalue weighted by Crippen LogP contribution is 2.08. The summed E-state index contributed by atoms with van der Waals surface area (Å²) in [6, 6.07) is 1.65. The van der Waals surface area contributed by atoms with Gasteiger partial charge in [0.1, 0.15) is 0 Å². The van der Waals surface area contributed by atoms with Crippen LogP contribution in [0.4, 0.5) is 0 Å². The van der Waals surface area contributed by atoms with Gasteiger partial charge in [0.05, 0.1) is 5.56 Å². The molecule has 0 radical (unpaired) electrons. The SMILES string of the molecule is O=C(O)c1cnccc1CS. The predicted octanol–water partition coefficient (Wildman–Crippen LogP) is 1.21. The fourth-order valence-corrected chi connectivity index (χ4v) is 1.03. The van der Waals surface area contributed by atoms with E-state index in [2.05, 4.69) is 17.6 Å². The third-order valence-corrected chi connectivity index (χ3v) is 1.65. The van der Waals surface area contributed by atoms with E-state index < -0.39 is 5.97 Å². The normalized spacial score (nSPS) is 9.55. The van der Waals surface area contributed by atoms with E-state index in [1.165, 1.54) is 6.20 Å². The number of thiol groups is 1. The van der Waals surface area contributed by atoms with Crippen molar-refractivity contribution in [1.29, 1.82) is 0 Å². The van der Waals surface area contributed by atoms with Gasteiger partial charge in [-0.05, 0) is 11.6 Å². The first kappa shape index (κ1) is 8.07. The summed E-state index contributed by atoms with van der Waals surface area (Å²) in [6.07, 6.45) is 2.88. The fourth-order valence-electron chi connectivity index (χ4n) is 0.754. The molecule has 1 N–H and O–H groups in total. The van der Waals surface area contributed by atoms with Gasteiger partial charge in [0.2, 0.25) is 0 Å². The van der Waals surface area contributed by atoms with Crippen molar-refractivity contribution in [3.05, 3.63) is 29.6 Å². The number of hydrogen-bond donors (Lipinski definition) is 2. The molecular weight excluding hydrogens is 162 g/mol. The Morgan fingerprint density at radius 3 is 2.91 bits per heavy atom.